The molecular weight excluding hydrogens is 260 g/mol. The molecule has 2 heterocycles. The van der Waals surface area contributed by atoms with Crippen molar-refractivity contribution >= 4 is 15.9 Å². The van der Waals surface area contributed by atoms with Crippen LogP contribution in [0.1, 0.15) is 17.4 Å². The molecule has 0 amide bonds. The Hall–Kier alpha value is -1.14. The van der Waals surface area contributed by atoms with Gasteiger partial charge in [0, 0.05) is 25.9 Å². The molecule has 0 saturated heterocycles. The number of halogens is 1. The second-order valence-electron chi connectivity index (χ2n) is 3.35. The average molecular weight is 271 g/mol. The highest BCUT2D eigenvalue weighted by molar-refractivity contribution is 9.10. The highest BCUT2D eigenvalue weighted by Crippen LogP contribution is 2.27. The molecule has 80 valence electrons. The SMILES string of the molecule is Cn1cc(C(O)c2c(Br)cnn2C)cn1. The van der Waals surface area contributed by atoms with Gasteiger partial charge in [0.05, 0.1) is 22.6 Å². The van der Waals surface area contributed by atoms with Crippen LogP contribution in [-0.2, 0) is 14.1 Å². The van der Waals surface area contributed by atoms with E-state index in [9.17, 15) is 5.11 Å². The molecule has 0 aliphatic carbocycles. The van der Waals surface area contributed by atoms with Gasteiger partial charge in [0.25, 0.3) is 0 Å². The predicted octanol–water partition coefficient (Wildman–Crippen LogP) is 0.998. The topological polar surface area (TPSA) is 55.9 Å². The standard InChI is InChI=1S/C9H11BrN4O/c1-13-5-6(3-11-13)9(15)8-7(10)4-12-14(8)2/h3-5,9,15H,1-2H3. The lowest BCUT2D eigenvalue weighted by atomic mass is 10.1. The number of nitrogens with zero attached hydrogens (tertiary/aromatic N) is 4. The summed E-state index contributed by atoms with van der Waals surface area (Å²) in [6, 6.07) is 0. The Morgan fingerprint density at radius 2 is 2.07 bits per heavy atom. The van der Waals surface area contributed by atoms with Crippen LogP contribution in [0.3, 0.4) is 0 Å². The molecule has 2 rings (SSSR count). The van der Waals surface area contributed by atoms with Crippen LogP contribution in [0.4, 0.5) is 0 Å². The number of hydrogen-bond acceptors (Lipinski definition) is 3. The number of aliphatic hydroxyl groups is 1. The zero-order valence-corrected chi connectivity index (χ0v) is 10.0. The highest BCUT2D eigenvalue weighted by Gasteiger charge is 2.19. The lowest BCUT2D eigenvalue weighted by molar-refractivity contribution is 0.209. The van der Waals surface area contributed by atoms with Gasteiger partial charge in [0.1, 0.15) is 6.10 Å². The Morgan fingerprint density at radius 3 is 2.53 bits per heavy atom. The minimum atomic E-state index is -0.708. The van der Waals surface area contributed by atoms with Crippen LogP contribution in [0.15, 0.2) is 23.1 Å². The number of aliphatic hydroxyl groups excluding tert-OH is 1. The normalized spacial score (nSPS) is 13.1. The smallest absolute Gasteiger partial charge is 0.125 e. The van der Waals surface area contributed by atoms with Crippen LogP contribution in [0.5, 0.6) is 0 Å². The van der Waals surface area contributed by atoms with Gasteiger partial charge >= 0.3 is 0 Å². The van der Waals surface area contributed by atoms with Gasteiger partial charge in [-0.25, -0.2) is 0 Å². The van der Waals surface area contributed by atoms with Crippen LogP contribution in [-0.4, -0.2) is 24.7 Å². The van der Waals surface area contributed by atoms with E-state index in [0.717, 1.165) is 15.7 Å². The number of aryl methyl sites for hydroxylation is 2. The van der Waals surface area contributed by atoms with Crippen molar-refractivity contribution in [2.45, 2.75) is 6.10 Å². The van der Waals surface area contributed by atoms with E-state index in [1.807, 2.05) is 7.05 Å². The minimum Gasteiger partial charge on any atom is -0.382 e. The Bertz CT molecular complexity index is 457. The minimum absolute atomic E-state index is 0.708. The Balaban J connectivity index is 2.40. The fraction of sp³-hybridized carbons (Fsp3) is 0.333. The van der Waals surface area contributed by atoms with Gasteiger partial charge < -0.3 is 5.11 Å². The van der Waals surface area contributed by atoms with Gasteiger partial charge in [0.2, 0.25) is 0 Å². The summed E-state index contributed by atoms with van der Waals surface area (Å²) < 4.78 is 4.09. The van der Waals surface area contributed by atoms with Crippen molar-refractivity contribution in [3.8, 4) is 0 Å². The van der Waals surface area contributed by atoms with Crippen LogP contribution < -0.4 is 0 Å². The number of rotatable bonds is 2. The van der Waals surface area contributed by atoms with Crippen molar-refractivity contribution in [2.24, 2.45) is 14.1 Å². The van der Waals surface area contributed by atoms with Gasteiger partial charge in [-0.1, -0.05) is 0 Å². The van der Waals surface area contributed by atoms with Crippen molar-refractivity contribution in [2.75, 3.05) is 0 Å². The maximum absolute atomic E-state index is 10.1. The Morgan fingerprint density at radius 1 is 1.33 bits per heavy atom. The Labute approximate surface area is 95.5 Å². The van der Waals surface area contributed by atoms with Crippen LogP contribution in [0.2, 0.25) is 0 Å². The second-order valence-corrected chi connectivity index (χ2v) is 4.21. The fourth-order valence-electron chi connectivity index (χ4n) is 1.47. The largest absolute Gasteiger partial charge is 0.382 e. The second kappa shape index (κ2) is 3.79. The zero-order valence-electron chi connectivity index (χ0n) is 8.42. The van der Waals surface area contributed by atoms with E-state index >= 15 is 0 Å². The molecule has 5 nitrogen and oxygen atoms in total. The summed E-state index contributed by atoms with van der Waals surface area (Å²) in [5, 5.41) is 18.2. The summed E-state index contributed by atoms with van der Waals surface area (Å²) in [5.41, 5.74) is 1.48. The van der Waals surface area contributed by atoms with Crippen LogP contribution in [0, 0.1) is 0 Å². The molecule has 2 aromatic heterocycles. The molecule has 1 N–H and O–H groups in total. The Kier molecular flexibility index (Phi) is 2.62. The van der Waals surface area contributed by atoms with Crippen molar-refractivity contribution in [3.05, 3.63) is 34.3 Å². The quantitative estimate of drug-likeness (QED) is 0.886. The summed E-state index contributed by atoms with van der Waals surface area (Å²) >= 11 is 3.35. The molecule has 0 radical (unpaired) electrons. The summed E-state index contributed by atoms with van der Waals surface area (Å²) in [6.45, 7) is 0. The predicted molar refractivity (Wildman–Crippen MR) is 58.2 cm³/mol. The summed E-state index contributed by atoms with van der Waals surface area (Å²) in [6.07, 6.45) is 4.38. The highest BCUT2D eigenvalue weighted by atomic mass is 79.9. The fourth-order valence-corrected chi connectivity index (χ4v) is 2.03. The van der Waals surface area contributed by atoms with Crippen LogP contribution >= 0.6 is 15.9 Å². The summed E-state index contributed by atoms with van der Waals surface area (Å²) in [7, 11) is 3.61. The van der Waals surface area contributed by atoms with Gasteiger partial charge in [0.15, 0.2) is 0 Å². The van der Waals surface area contributed by atoms with Crippen molar-refractivity contribution in [1.82, 2.24) is 19.6 Å². The average Bonchev–Trinajstić information content (AvgIpc) is 2.73. The third-order valence-electron chi connectivity index (χ3n) is 2.24. The molecule has 0 spiro atoms. The maximum atomic E-state index is 10.1. The molecule has 0 saturated carbocycles. The number of aromatic nitrogens is 4. The van der Waals surface area contributed by atoms with Gasteiger partial charge in [-0.05, 0) is 15.9 Å². The third kappa shape index (κ3) is 1.82. The first-order valence-electron chi connectivity index (χ1n) is 4.43. The van der Waals surface area contributed by atoms with E-state index in [1.165, 1.54) is 0 Å². The molecule has 0 bridgehead atoms. The van der Waals surface area contributed by atoms with Crippen LogP contribution in [0.25, 0.3) is 0 Å². The lowest BCUT2D eigenvalue weighted by Gasteiger charge is -2.09. The zero-order chi connectivity index (χ0) is 11.0. The molecule has 15 heavy (non-hydrogen) atoms. The molecule has 1 unspecified atom stereocenters. The summed E-state index contributed by atoms with van der Waals surface area (Å²) in [4.78, 5) is 0. The van der Waals surface area contributed by atoms with Gasteiger partial charge in [-0.3, -0.25) is 9.36 Å². The van der Waals surface area contributed by atoms with E-state index in [-0.39, 0.29) is 0 Å². The van der Waals surface area contributed by atoms with Gasteiger partial charge in [-0.2, -0.15) is 10.2 Å². The molecule has 0 aliphatic heterocycles. The first kappa shape index (κ1) is 10.4. The first-order valence-corrected chi connectivity index (χ1v) is 5.23. The van der Waals surface area contributed by atoms with Crippen molar-refractivity contribution in [3.63, 3.8) is 0 Å². The lowest BCUT2D eigenvalue weighted by Crippen LogP contribution is -2.06. The first-order chi connectivity index (χ1) is 7.09. The molecule has 0 aliphatic rings. The molecular formula is C9H11BrN4O. The molecule has 0 aromatic carbocycles. The van der Waals surface area contributed by atoms with E-state index < -0.39 is 6.10 Å². The van der Waals surface area contributed by atoms with E-state index in [1.54, 1.807) is 35.0 Å². The molecule has 1 atom stereocenters. The molecule has 6 heteroatoms. The van der Waals surface area contributed by atoms with Crippen molar-refractivity contribution < 1.29 is 5.11 Å². The monoisotopic (exact) mass is 270 g/mol. The van der Waals surface area contributed by atoms with Gasteiger partial charge in [-0.15, -0.1) is 0 Å². The molecule has 2 aromatic rings. The van der Waals surface area contributed by atoms with E-state index in [4.69, 9.17) is 0 Å². The molecule has 0 fully saturated rings. The maximum Gasteiger partial charge on any atom is 0.125 e. The number of hydrogen-bond donors (Lipinski definition) is 1. The van der Waals surface area contributed by atoms with E-state index in [0.29, 0.717) is 0 Å². The van der Waals surface area contributed by atoms with E-state index in [2.05, 4.69) is 26.1 Å². The summed E-state index contributed by atoms with van der Waals surface area (Å²) in [5.74, 6) is 0. The van der Waals surface area contributed by atoms with Crippen molar-refractivity contribution in [1.29, 1.82) is 0 Å². The third-order valence-corrected chi connectivity index (χ3v) is 2.85.